The molecule has 3 aromatic rings. The zero-order chi connectivity index (χ0) is 32.2. The zero-order valence-electron chi connectivity index (χ0n) is 25.1. The number of phenols is 1. The van der Waals surface area contributed by atoms with Crippen molar-refractivity contribution in [3.05, 3.63) is 106 Å². The number of nitrogens with one attached hydrogen (secondary N) is 2. The summed E-state index contributed by atoms with van der Waals surface area (Å²) >= 11 is 0. The van der Waals surface area contributed by atoms with Gasteiger partial charge in [0.25, 0.3) is 0 Å². The highest BCUT2D eigenvalue weighted by atomic mass is 16.6. The van der Waals surface area contributed by atoms with E-state index in [-0.39, 0.29) is 47.0 Å². The van der Waals surface area contributed by atoms with Gasteiger partial charge in [-0.15, -0.1) is 0 Å². The van der Waals surface area contributed by atoms with Crippen molar-refractivity contribution in [1.82, 2.24) is 5.32 Å². The summed E-state index contributed by atoms with van der Waals surface area (Å²) in [6.07, 6.45) is 1.78. The number of phenolic OH excluding ortho intramolecular Hbond substituents is 1. The summed E-state index contributed by atoms with van der Waals surface area (Å²) in [5.41, 5.74) is -0.0448. The van der Waals surface area contributed by atoms with Crippen LogP contribution in [-0.2, 0) is 28.0 Å². The summed E-state index contributed by atoms with van der Waals surface area (Å²) in [4.78, 5) is 40.4. The van der Waals surface area contributed by atoms with Gasteiger partial charge in [0.2, 0.25) is 0 Å². The molecule has 0 aromatic heterocycles. The van der Waals surface area contributed by atoms with Gasteiger partial charge in [-0.05, 0) is 47.4 Å². The molecule has 0 spiro atoms. The van der Waals surface area contributed by atoms with Crippen LogP contribution in [0.1, 0.15) is 62.4 Å². The number of ketones is 2. The summed E-state index contributed by atoms with van der Waals surface area (Å²) in [7, 11) is 0. The highest BCUT2D eigenvalue weighted by Gasteiger charge is 2.81. The minimum Gasteiger partial charge on any atom is -0.507 e. The van der Waals surface area contributed by atoms with Crippen molar-refractivity contribution in [3.8, 4) is 29.4 Å². The molecule has 0 saturated carbocycles. The number of amides is 1. The number of aliphatic hydroxyl groups is 1. The lowest BCUT2D eigenvalue weighted by Gasteiger charge is -2.38. The van der Waals surface area contributed by atoms with E-state index in [1.54, 1.807) is 12.1 Å². The third kappa shape index (κ3) is 4.32. The van der Waals surface area contributed by atoms with Crippen LogP contribution >= 0.6 is 0 Å². The Morgan fingerprint density at radius 1 is 1.00 bits per heavy atom. The van der Waals surface area contributed by atoms with Gasteiger partial charge in [-0.2, -0.15) is 0 Å². The number of aliphatic hydroxyl groups excluding tert-OH is 1. The number of allylic oxidation sites excluding steroid dienone is 2. The van der Waals surface area contributed by atoms with Gasteiger partial charge in [0.05, 0.1) is 23.4 Å². The van der Waals surface area contributed by atoms with E-state index >= 15 is 0 Å². The second-order valence-electron chi connectivity index (χ2n) is 12.0. The molecule has 46 heavy (non-hydrogen) atoms. The van der Waals surface area contributed by atoms with Gasteiger partial charge in [0, 0.05) is 29.7 Å². The van der Waals surface area contributed by atoms with Crippen molar-refractivity contribution in [3.63, 3.8) is 0 Å². The Labute approximate surface area is 265 Å². The monoisotopic (exact) mass is 614 g/mol. The maximum atomic E-state index is 14.1. The highest BCUT2D eigenvalue weighted by molar-refractivity contribution is 6.31. The Hall–Kier alpha value is -5.35. The average molecular weight is 615 g/mol. The fourth-order valence-corrected chi connectivity index (χ4v) is 6.97. The van der Waals surface area contributed by atoms with E-state index in [2.05, 4.69) is 34.3 Å². The number of carbonyl (C=O) groups is 3. The van der Waals surface area contributed by atoms with Crippen LogP contribution in [0.25, 0.3) is 0 Å². The first kappa shape index (κ1) is 29.4. The van der Waals surface area contributed by atoms with Gasteiger partial charge in [-0.25, -0.2) is 4.79 Å². The van der Waals surface area contributed by atoms with Gasteiger partial charge in [-0.3, -0.25) is 9.59 Å². The van der Waals surface area contributed by atoms with Crippen molar-refractivity contribution in [2.24, 2.45) is 5.92 Å². The first-order valence-electron chi connectivity index (χ1n) is 15.1. The minimum absolute atomic E-state index is 0.00726. The number of carbonyl (C=O) groups excluding carboxylic acids is 3. The van der Waals surface area contributed by atoms with Gasteiger partial charge < -0.3 is 30.3 Å². The van der Waals surface area contributed by atoms with E-state index in [0.29, 0.717) is 17.5 Å². The van der Waals surface area contributed by atoms with Crippen LogP contribution in [0.5, 0.6) is 5.75 Å². The molecule has 4 aliphatic rings. The number of ether oxygens (including phenoxy) is 2. The Morgan fingerprint density at radius 3 is 2.50 bits per heavy atom. The molecule has 7 rings (SSSR count). The molecule has 4 atom stereocenters. The van der Waals surface area contributed by atoms with E-state index in [4.69, 9.17) is 9.47 Å². The lowest BCUT2D eigenvalue weighted by atomic mass is 9.67. The predicted octanol–water partition coefficient (Wildman–Crippen LogP) is 3.99. The number of anilines is 1. The number of benzene rings is 3. The molecule has 2 heterocycles. The molecule has 0 radical (unpaired) electrons. The number of fused-ring (bicyclic) bond motifs is 4. The van der Waals surface area contributed by atoms with Crippen molar-refractivity contribution in [2.45, 2.75) is 50.2 Å². The molecule has 1 fully saturated rings. The van der Waals surface area contributed by atoms with Crippen LogP contribution in [-0.4, -0.2) is 52.2 Å². The molecule has 9 nitrogen and oxygen atoms in total. The van der Waals surface area contributed by atoms with Crippen LogP contribution in [0.2, 0.25) is 0 Å². The smallest absolute Gasteiger partial charge is 0.407 e. The molecule has 1 saturated heterocycles. The van der Waals surface area contributed by atoms with Crippen LogP contribution in [0.3, 0.4) is 0 Å². The fraction of sp³-hybridized carbons (Fsp3) is 0.270. The standard InChI is InChI=1S/C37H30N2O7/c1-21(2)36-28-12-8-3-4-9-13-29(41)37(36,46-36)26-19-27(40)30-31(32(26)39-28)33(42)24-15-14-23(18-25(24)34(30)43)20-38-35(44)45-17-16-22-10-6-5-7-11-22/h3-7,10-11,14-15,18-19,21,28-29,39-41H,16-17,20H2,1-2H3,(H,38,44)/b4-3-/t28-,29+,36-,37-/m0/s1. The Morgan fingerprint density at radius 2 is 1.74 bits per heavy atom. The van der Waals surface area contributed by atoms with Crippen molar-refractivity contribution in [1.29, 1.82) is 0 Å². The lowest BCUT2D eigenvalue weighted by molar-refractivity contribution is 0.0975. The molecule has 4 N–H and O–H groups in total. The number of aromatic hydroxyl groups is 1. The molecule has 2 aliphatic carbocycles. The van der Waals surface area contributed by atoms with Crippen LogP contribution in [0, 0.1) is 29.6 Å². The number of hydrogen-bond acceptors (Lipinski definition) is 8. The van der Waals surface area contributed by atoms with Crippen molar-refractivity contribution < 1.29 is 34.1 Å². The maximum Gasteiger partial charge on any atom is 0.407 e. The topological polar surface area (TPSA) is 137 Å². The SMILES string of the molecule is CC(C)[C@@]12O[C@]13c1cc(O)c4c(c1N[C@H]2C#C/C=C\C#C[C@H]3O)C(=O)c1ccc(CNC(=O)OCCc2ccccc2)cc1C4=O. The largest absolute Gasteiger partial charge is 0.507 e. The van der Waals surface area contributed by atoms with Crippen molar-refractivity contribution >= 4 is 23.3 Å². The van der Waals surface area contributed by atoms with Crippen molar-refractivity contribution in [2.75, 3.05) is 11.9 Å². The summed E-state index contributed by atoms with van der Waals surface area (Å²) in [5.74, 6) is 10.2. The second-order valence-corrected chi connectivity index (χ2v) is 12.0. The maximum absolute atomic E-state index is 14.1. The lowest BCUT2D eigenvalue weighted by Crippen LogP contribution is -2.52. The zero-order valence-corrected chi connectivity index (χ0v) is 25.1. The van der Waals surface area contributed by atoms with Crippen LogP contribution in [0.15, 0.2) is 66.7 Å². The normalized spacial score (nSPS) is 25.1. The molecule has 2 bridgehead atoms. The molecule has 3 aromatic carbocycles. The summed E-state index contributed by atoms with van der Waals surface area (Å²) in [5, 5.41) is 28.7. The highest BCUT2D eigenvalue weighted by Crippen LogP contribution is 2.68. The number of rotatable bonds is 6. The number of hydrogen-bond donors (Lipinski definition) is 4. The Bertz CT molecular complexity index is 1980. The molecule has 230 valence electrons. The van der Waals surface area contributed by atoms with E-state index in [9.17, 15) is 24.6 Å². The van der Waals surface area contributed by atoms with Gasteiger partial charge in [0.1, 0.15) is 17.4 Å². The molecule has 0 unspecified atom stereocenters. The summed E-state index contributed by atoms with van der Waals surface area (Å²) in [6, 6.07) is 15.1. The quantitative estimate of drug-likeness (QED) is 0.145. The third-order valence-electron chi connectivity index (χ3n) is 9.16. The van der Waals surface area contributed by atoms with Gasteiger partial charge in [0.15, 0.2) is 23.3 Å². The Balaban J connectivity index is 1.19. The number of epoxide rings is 1. The summed E-state index contributed by atoms with van der Waals surface area (Å²) < 4.78 is 11.7. The van der Waals surface area contributed by atoms with Gasteiger partial charge in [-0.1, -0.05) is 73.9 Å². The minimum atomic E-state index is -1.39. The van der Waals surface area contributed by atoms with E-state index < -0.39 is 46.8 Å². The predicted molar refractivity (Wildman–Crippen MR) is 168 cm³/mol. The van der Waals surface area contributed by atoms with E-state index in [1.807, 2.05) is 44.2 Å². The van der Waals surface area contributed by atoms with E-state index in [0.717, 1.165) is 5.56 Å². The second kappa shape index (κ2) is 10.9. The summed E-state index contributed by atoms with van der Waals surface area (Å²) in [6.45, 7) is 4.17. The van der Waals surface area contributed by atoms with Crippen LogP contribution in [0.4, 0.5) is 10.5 Å². The molecule has 9 heteroatoms. The number of alkyl carbamates (subject to hydrolysis) is 1. The first-order chi connectivity index (χ1) is 22.2. The van der Waals surface area contributed by atoms with Crippen LogP contribution < -0.4 is 10.6 Å². The molecular formula is C37H30N2O7. The van der Waals surface area contributed by atoms with E-state index in [1.165, 1.54) is 24.3 Å². The van der Waals surface area contributed by atoms with Gasteiger partial charge >= 0.3 is 6.09 Å². The first-order valence-corrected chi connectivity index (χ1v) is 15.1. The molecular weight excluding hydrogens is 584 g/mol. The molecule has 2 aliphatic heterocycles. The average Bonchev–Trinajstić information content (AvgIpc) is 3.78. The Kier molecular flexibility index (Phi) is 6.97. The molecule has 1 amide bonds. The third-order valence-corrected chi connectivity index (χ3v) is 9.16. The fourth-order valence-electron chi connectivity index (χ4n) is 6.97.